The van der Waals surface area contributed by atoms with Gasteiger partial charge in [-0.15, -0.1) is 11.8 Å². The molecule has 3 rings (SSSR count). The molecule has 0 saturated carbocycles. The summed E-state index contributed by atoms with van der Waals surface area (Å²) in [6, 6.07) is 13.9. The average molecular weight is 457 g/mol. The first kappa shape index (κ1) is 24.1. The lowest BCUT2D eigenvalue weighted by molar-refractivity contribution is -0.117. The van der Waals surface area contributed by atoms with Gasteiger partial charge < -0.3 is 15.4 Å². The molecule has 0 spiro atoms. The summed E-state index contributed by atoms with van der Waals surface area (Å²) < 4.78 is 5.32. The molecule has 0 atom stereocenters. The third kappa shape index (κ3) is 8.51. The fraction of sp³-hybridized carbons (Fsp3) is 0.458. The number of benzene rings is 1. The normalized spacial score (nSPS) is 15.2. The minimum absolute atomic E-state index is 0.0296. The monoisotopic (exact) mass is 456 g/mol. The third-order valence-electron chi connectivity index (χ3n) is 4.91. The highest BCUT2D eigenvalue weighted by atomic mass is 32.2. The second kappa shape index (κ2) is 11.3. The number of thioether (sulfide) groups is 1. The first-order chi connectivity index (χ1) is 15.3. The van der Waals surface area contributed by atoms with Gasteiger partial charge in [0.2, 0.25) is 5.91 Å². The number of likely N-dealkylation sites (tertiary alicyclic amines) is 1. The molecule has 1 fully saturated rings. The summed E-state index contributed by atoms with van der Waals surface area (Å²) >= 11 is 1.67. The number of aromatic nitrogens is 1. The molecule has 2 amide bonds. The summed E-state index contributed by atoms with van der Waals surface area (Å²) in [5.41, 5.74) is 1.43. The summed E-state index contributed by atoms with van der Waals surface area (Å²) in [6.07, 6.45) is 3.00. The van der Waals surface area contributed by atoms with E-state index in [9.17, 15) is 9.59 Å². The quantitative estimate of drug-likeness (QED) is 0.605. The maximum Gasteiger partial charge on any atom is 0.407 e. The number of anilines is 1. The van der Waals surface area contributed by atoms with E-state index in [0.717, 1.165) is 48.0 Å². The number of amides is 2. The minimum Gasteiger partial charge on any atom is -0.444 e. The molecule has 1 aromatic heterocycles. The van der Waals surface area contributed by atoms with E-state index in [1.54, 1.807) is 18.0 Å². The third-order valence-corrected chi connectivity index (χ3v) is 5.93. The Morgan fingerprint density at radius 3 is 2.62 bits per heavy atom. The summed E-state index contributed by atoms with van der Waals surface area (Å²) in [6.45, 7) is 7.41. The zero-order valence-electron chi connectivity index (χ0n) is 19.0. The van der Waals surface area contributed by atoms with Gasteiger partial charge in [0, 0.05) is 36.8 Å². The highest BCUT2D eigenvalue weighted by molar-refractivity contribution is 7.98. The zero-order chi connectivity index (χ0) is 23.0. The number of rotatable bonds is 7. The molecule has 7 nitrogen and oxygen atoms in total. The van der Waals surface area contributed by atoms with Crippen LogP contribution in [0.3, 0.4) is 0 Å². The van der Waals surface area contributed by atoms with Crippen LogP contribution in [0.1, 0.15) is 39.2 Å². The van der Waals surface area contributed by atoms with Gasteiger partial charge in [-0.05, 0) is 63.4 Å². The fourth-order valence-electron chi connectivity index (χ4n) is 3.44. The predicted octanol–water partition coefficient (Wildman–Crippen LogP) is 4.30. The number of nitrogens with one attached hydrogen (secondary N) is 2. The second-order valence-electron chi connectivity index (χ2n) is 8.90. The van der Waals surface area contributed by atoms with E-state index >= 15 is 0 Å². The highest BCUT2D eigenvalue weighted by Gasteiger charge is 2.24. The number of ether oxygens (including phenoxy) is 1. The number of carbonyl (C=O) groups is 2. The molecular weight excluding hydrogens is 424 g/mol. The maximum atomic E-state index is 12.5. The average Bonchev–Trinajstić information content (AvgIpc) is 2.73. The predicted molar refractivity (Wildman–Crippen MR) is 128 cm³/mol. The summed E-state index contributed by atoms with van der Waals surface area (Å²) in [4.78, 5) is 30.9. The first-order valence-corrected chi connectivity index (χ1v) is 11.9. The van der Waals surface area contributed by atoms with Crippen molar-refractivity contribution in [2.24, 2.45) is 0 Å². The molecule has 0 radical (unpaired) electrons. The van der Waals surface area contributed by atoms with Gasteiger partial charge in [-0.1, -0.05) is 18.2 Å². The Balaban J connectivity index is 1.40. The van der Waals surface area contributed by atoms with E-state index in [1.807, 2.05) is 63.2 Å². The van der Waals surface area contributed by atoms with Crippen LogP contribution in [0.5, 0.6) is 0 Å². The number of carbonyl (C=O) groups excluding carboxylic acids is 2. The van der Waals surface area contributed by atoms with Gasteiger partial charge in [-0.2, -0.15) is 0 Å². The molecule has 1 saturated heterocycles. The topological polar surface area (TPSA) is 83.6 Å². The number of hydrogen-bond acceptors (Lipinski definition) is 6. The summed E-state index contributed by atoms with van der Waals surface area (Å²) in [5.74, 6) is 0.761. The number of piperidine rings is 1. The van der Waals surface area contributed by atoms with Gasteiger partial charge in [-0.25, -0.2) is 9.78 Å². The number of alkyl carbamates (subject to hydrolysis) is 1. The van der Waals surface area contributed by atoms with E-state index in [2.05, 4.69) is 20.5 Å². The number of nitrogens with zero attached hydrogens (tertiary/aromatic N) is 2. The van der Waals surface area contributed by atoms with Crippen LogP contribution < -0.4 is 10.6 Å². The van der Waals surface area contributed by atoms with Crippen molar-refractivity contribution < 1.29 is 14.3 Å². The van der Waals surface area contributed by atoms with Crippen molar-refractivity contribution >= 4 is 29.4 Å². The fourth-order valence-corrected chi connectivity index (χ4v) is 4.25. The van der Waals surface area contributed by atoms with Crippen LogP contribution >= 0.6 is 11.8 Å². The van der Waals surface area contributed by atoms with Gasteiger partial charge >= 0.3 is 6.09 Å². The Hall–Kier alpha value is -2.58. The lowest BCUT2D eigenvalue weighted by atomic mass is 10.1. The van der Waals surface area contributed by atoms with Crippen molar-refractivity contribution in [1.82, 2.24) is 15.2 Å². The summed E-state index contributed by atoms with van der Waals surface area (Å²) in [5, 5.41) is 6.90. The SMILES string of the molecule is CC(C)(C)OC(=O)NC1CCN(CC(=O)Nc2cccc(CSc3ccccn3)c2)CC1. The van der Waals surface area contributed by atoms with Gasteiger partial charge in [0.1, 0.15) is 5.60 Å². The molecule has 1 aliphatic rings. The van der Waals surface area contributed by atoms with Crippen LogP contribution in [-0.2, 0) is 15.3 Å². The zero-order valence-corrected chi connectivity index (χ0v) is 19.8. The van der Waals surface area contributed by atoms with Crippen LogP contribution in [0.25, 0.3) is 0 Å². The van der Waals surface area contributed by atoms with Crippen molar-refractivity contribution in [3.8, 4) is 0 Å². The largest absolute Gasteiger partial charge is 0.444 e. The number of hydrogen-bond donors (Lipinski definition) is 2. The van der Waals surface area contributed by atoms with Crippen molar-refractivity contribution in [2.45, 2.75) is 56.0 Å². The molecule has 8 heteroatoms. The van der Waals surface area contributed by atoms with Crippen LogP contribution in [0.4, 0.5) is 10.5 Å². The smallest absolute Gasteiger partial charge is 0.407 e. The van der Waals surface area contributed by atoms with Crippen LogP contribution in [0, 0.1) is 0 Å². The minimum atomic E-state index is -0.503. The van der Waals surface area contributed by atoms with Gasteiger partial charge in [0.25, 0.3) is 0 Å². The highest BCUT2D eigenvalue weighted by Crippen LogP contribution is 2.22. The maximum absolute atomic E-state index is 12.5. The first-order valence-electron chi connectivity index (χ1n) is 10.9. The molecule has 0 unspecified atom stereocenters. The molecule has 0 bridgehead atoms. The second-order valence-corrected chi connectivity index (χ2v) is 9.90. The molecule has 1 aromatic carbocycles. The molecule has 2 heterocycles. The van der Waals surface area contributed by atoms with Crippen molar-refractivity contribution in [2.75, 3.05) is 25.0 Å². The lowest BCUT2D eigenvalue weighted by Gasteiger charge is -2.32. The standard InChI is InChI=1S/C24H32N4O3S/c1-24(2,3)31-23(30)27-19-10-13-28(14-11-19)16-21(29)26-20-8-6-7-18(15-20)17-32-22-9-4-5-12-25-22/h4-9,12,15,19H,10-11,13-14,16-17H2,1-3H3,(H,26,29)(H,27,30). The number of pyridine rings is 1. The molecule has 1 aliphatic heterocycles. The Bertz CT molecular complexity index is 894. The van der Waals surface area contributed by atoms with Gasteiger partial charge in [0.15, 0.2) is 0 Å². The Morgan fingerprint density at radius 1 is 1.16 bits per heavy atom. The van der Waals surface area contributed by atoms with Crippen LogP contribution in [-0.4, -0.2) is 53.2 Å². The Morgan fingerprint density at radius 2 is 1.94 bits per heavy atom. The molecule has 32 heavy (non-hydrogen) atoms. The van der Waals surface area contributed by atoms with Crippen LogP contribution in [0.2, 0.25) is 0 Å². The van der Waals surface area contributed by atoms with E-state index < -0.39 is 5.60 Å². The van der Waals surface area contributed by atoms with Crippen LogP contribution in [0.15, 0.2) is 53.7 Å². The Kier molecular flexibility index (Phi) is 8.53. The van der Waals surface area contributed by atoms with Crippen molar-refractivity contribution in [3.63, 3.8) is 0 Å². The molecule has 2 N–H and O–H groups in total. The molecule has 172 valence electrons. The van der Waals surface area contributed by atoms with Crippen molar-refractivity contribution in [1.29, 1.82) is 0 Å². The van der Waals surface area contributed by atoms with E-state index in [0.29, 0.717) is 6.54 Å². The molecular formula is C24H32N4O3S. The van der Waals surface area contributed by atoms with Gasteiger partial charge in [-0.3, -0.25) is 9.69 Å². The van der Waals surface area contributed by atoms with E-state index in [-0.39, 0.29) is 18.0 Å². The van der Waals surface area contributed by atoms with Crippen molar-refractivity contribution in [3.05, 3.63) is 54.2 Å². The molecule has 0 aliphatic carbocycles. The Labute approximate surface area is 194 Å². The summed E-state index contributed by atoms with van der Waals surface area (Å²) in [7, 11) is 0. The lowest BCUT2D eigenvalue weighted by Crippen LogP contribution is -2.47. The van der Waals surface area contributed by atoms with E-state index in [4.69, 9.17) is 4.74 Å². The van der Waals surface area contributed by atoms with Gasteiger partial charge in [0.05, 0.1) is 11.6 Å². The van der Waals surface area contributed by atoms with E-state index in [1.165, 1.54) is 0 Å². The molecule has 2 aromatic rings.